The Morgan fingerprint density at radius 1 is 1.10 bits per heavy atom. The van der Waals surface area contributed by atoms with Crippen LogP contribution in [0.4, 0.5) is 18.9 Å². The van der Waals surface area contributed by atoms with E-state index in [0.29, 0.717) is 17.1 Å². The van der Waals surface area contributed by atoms with E-state index in [1.165, 1.54) is 12.1 Å². The number of anilines is 1. The molecule has 0 amide bonds. The van der Waals surface area contributed by atoms with Gasteiger partial charge in [-0.15, -0.1) is 5.10 Å². The van der Waals surface area contributed by atoms with Gasteiger partial charge in [-0.05, 0) is 67.1 Å². The SMILES string of the molecule is CC(C)(C)n1nnnc1[C@H](Nc1ccc(C(F)(F)F)c(Br)c1)c1ccc(C#N)cc1. The molecule has 3 rings (SSSR count). The second-order valence-electron chi connectivity index (χ2n) is 7.62. The van der Waals surface area contributed by atoms with Crippen molar-refractivity contribution in [2.75, 3.05) is 5.32 Å². The van der Waals surface area contributed by atoms with Gasteiger partial charge in [-0.2, -0.15) is 18.4 Å². The molecule has 0 spiro atoms. The Hall–Kier alpha value is -2.93. The van der Waals surface area contributed by atoms with Gasteiger partial charge in [0, 0.05) is 10.2 Å². The molecule has 2 aromatic carbocycles. The molecule has 1 N–H and O–H groups in total. The maximum atomic E-state index is 13.1. The van der Waals surface area contributed by atoms with Crippen molar-refractivity contribution in [3.8, 4) is 6.07 Å². The van der Waals surface area contributed by atoms with Gasteiger partial charge in [0.2, 0.25) is 0 Å². The molecule has 6 nitrogen and oxygen atoms in total. The third-order valence-electron chi connectivity index (χ3n) is 4.35. The third kappa shape index (κ3) is 4.62. The normalized spacial score (nSPS) is 13.0. The molecule has 1 atom stereocenters. The molecule has 0 bridgehead atoms. The van der Waals surface area contributed by atoms with E-state index in [0.717, 1.165) is 11.6 Å². The first-order valence-corrected chi connectivity index (χ1v) is 9.72. The van der Waals surface area contributed by atoms with Gasteiger partial charge in [-0.25, -0.2) is 4.68 Å². The van der Waals surface area contributed by atoms with Gasteiger partial charge in [0.25, 0.3) is 0 Å². The van der Waals surface area contributed by atoms with Crippen molar-refractivity contribution in [2.45, 2.75) is 38.5 Å². The summed E-state index contributed by atoms with van der Waals surface area (Å²) < 4.78 is 40.8. The Morgan fingerprint density at radius 2 is 1.77 bits per heavy atom. The monoisotopic (exact) mass is 478 g/mol. The minimum absolute atomic E-state index is 0.0750. The molecule has 0 aliphatic heterocycles. The molecule has 0 radical (unpaired) electrons. The van der Waals surface area contributed by atoms with E-state index < -0.39 is 23.3 Å². The number of nitrogens with one attached hydrogen (secondary N) is 1. The number of tetrazole rings is 1. The lowest BCUT2D eigenvalue weighted by atomic mass is 10.0. The maximum absolute atomic E-state index is 13.1. The highest BCUT2D eigenvalue weighted by Crippen LogP contribution is 2.37. The van der Waals surface area contributed by atoms with Crippen LogP contribution in [0.2, 0.25) is 0 Å². The van der Waals surface area contributed by atoms with Gasteiger partial charge in [0.1, 0.15) is 6.04 Å². The van der Waals surface area contributed by atoms with Crippen LogP contribution in [0.25, 0.3) is 0 Å². The fourth-order valence-electron chi connectivity index (χ4n) is 2.90. The van der Waals surface area contributed by atoms with Crippen LogP contribution in [0.1, 0.15) is 49.3 Å². The predicted molar refractivity (Wildman–Crippen MR) is 109 cm³/mol. The van der Waals surface area contributed by atoms with Crippen LogP contribution in [0.5, 0.6) is 0 Å². The number of hydrogen-bond donors (Lipinski definition) is 1. The summed E-state index contributed by atoms with van der Waals surface area (Å²) in [6, 6.07) is 12.1. The van der Waals surface area contributed by atoms with Crippen LogP contribution in [0.15, 0.2) is 46.9 Å². The van der Waals surface area contributed by atoms with E-state index in [1.807, 2.05) is 20.8 Å². The first kappa shape index (κ1) is 21.8. The second kappa shape index (κ2) is 8.07. The first-order chi connectivity index (χ1) is 14.0. The van der Waals surface area contributed by atoms with Crippen molar-refractivity contribution >= 4 is 21.6 Å². The van der Waals surface area contributed by atoms with Gasteiger partial charge in [-0.1, -0.05) is 28.1 Å². The van der Waals surface area contributed by atoms with Gasteiger partial charge in [-0.3, -0.25) is 0 Å². The van der Waals surface area contributed by atoms with Crippen LogP contribution in [-0.2, 0) is 11.7 Å². The fraction of sp³-hybridized carbons (Fsp3) is 0.300. The van der Waals surface area contributed by atoms with Crippen LogP contribution >= 0.6 is 15.9 Å². The number of halogens is 4. The summed E-state index contributed by atoms with van der Waals surface area (Å²) in [7, 11) is 0. The topological polar surface area (TPSA) is 79.4 Å². The molecule has 0 aliphatic carbocycles. The van der Waals surface area contributed by atoms with Crippen molar-refractivity contribution in [2.24, 2.45) is 0 Å². The standard InChI is InChI=1S/C20H18BrF3N6/c1-19(2,3)30-18(27-28-29-30)17(13-6-4-12(11-25)5-7-13)26-14-8-9-15(16(21)10-14)20(22,23)24/h4-10,17,26H,1-3H3/t17-/m1/s1. The number of hydrogen-bond acceptors (Lipinski definition) is 5. The molecule has 0 aliphatic rings. The molecule has 0 unspecified atom stereocenters. The molecule has 10 heteroatoms. The maximum Gasteiger partial charge on any atom is 0.417 e. The number of benzene rings is 2. The van der Waals surface area contributed by atoms with E-state index in [1.54, 1.807) is 28.9 Å². The van der Waals surface area contributed by atoms with Crippen molar-refractivity contribution in [1.29, 1.82) is 5.26 Å². The summed E-state index contributed by atoms with van der Waals surface area (Å²) in [6.45, 7) is 5.83. The zero-order chi connectivity index (χ0) is 22.1. The van der Waals surface area contributed by atoms with Crippen molar-refractivity contribution in [1.82, 2.24) is 20.2 Å². The molecule has 1 aromatic heterocycles. The summed E-state index contributed by atoms with van der Waals surface area (Å²) in [5.41, 5.74) is 0.511. The molecular weight excluding hydrogens is 461 g/mol. The summed E-state index contributed by atoms with van der Waals surface area (Å²) in [4.78, 5) is 0. The van der Waals surface area contributed by atoms with E-state index in [-0.39, 0.29) is 4.47 Å². The van der Waals surface area contributed by atoms with Crippen molar-refractivity contribution in [3.05, 3.63) is 69.5 Å². The zero-order valence-corrected chi connectivity index (χ0v) is 18.0. The highest BCUT2D eigenvalue weighted by atomic mass is 79.9. The average molecular weight is 479 g/mol. The van der Waals surface area contributed by atoms with Crippen molar-refractivity contribution in [3.63, 3.8) is 0 Å². The molecule has 0 saturated carbocycles. The smallest absolute Gasteiger partial charge is 0.371 e. The van der Waals surface area contributed by atoms with Crippen LogP contribution in [0.3, 0.4) is 0 Å². The van der Waals surface area contributed by atoms with Gasteiger partial charge in [0.05, 0.1) is 22.7 Å². The number of aromatic nitrogens is 4. The van der Waals surface area contributed by atoms with Crippen molar-refractivity contribution < 1.29 is 13.2 Å². The highest BCUT2D eigenvalue weighted by Gasteiger charge is 2.33. The highest BCUT2D eigenvalue weighted by molar-refractivity contribution is 9.10. The number of alkyl halides is 3. The Kier molecular flexibility index (Phi) is 5.85. The molecule has 1 heterocycles. The number of nitrogens with zero attached hydrogens (tertiary/aromatic N) is 5. The predicted octanol–water partition coefficient (Wildman–Crippen LogP) is 5.28. The lowest BCUT2D eigenvalue weighted by Gasteiger charge is -2.25. The Labute approximate surface area is 179 Å². The van der Waals surface area contributed by atoms with Gasteiger partial charge in [0.15, 0.2) is 5.82 Å². The quantitative estimate of drug-likeness (QED) is 0.551. The van der Waals surface area contributed by atoms with E-state index in [4.69, 9.17) is 5.26 Å². The minimum Gasteiger partial charge on any atom is -0.371 e. The zero-order valence-electron chi connectivity index (χ0n) is 16.4. The minimum atomic E-state index is -4.46. The largest absolute Gasteiger partial charge is 0.417 e. The van der Waals surface area contributed by atoms with E-state index in [9.17, 15) is 13.2 Å². The second-order valence-corrected chi connectivity index (χ2v) is 8.48. The van der Waals surface area contributed by atoms with Crippen LogP contribution < -0.4 is 5.32 Å². The summed E-state index contributed by atoms with van der Waals surface area (Å²) >= 11 is 3.00. The fourth-order valence-corrected chi connectivity index (χ4v) is 3.50. The molecule has 30 heavy (non-hydrogen) atoms. The van der Waals surface area contributed by atoms with Crippen LogP contribution in [-0.4, -0.2) is 20.2 Å². The molecule has 0 fully saturated rings. The lowest BCUT2D eigenvalue weighted by molar-refractivity contribution is -0.138. The van der Waals surface area contributed by atoms with E-state index in [2.05, 4.69) is 42.8 Å². The number of nitriles is 1. The van der Waals surface area contributed by atoms with Gasteiger partial charge < -0.3 is 5.32 Å². The lowest BCUT2D eigenvalue weighted by Crippen LogP contribution is -2.29. The Bertz CT molecular complexity index is 1080. The molecule has 3 aromatic rings. The molecule has 156 valence electrons. The molecular formula is C20H18BrF3N6. The number of rotatable bonds is 4. The Morgan fingerprint density at radius 3 is 2.30 bits per heavy atom. The average Bonchev–Trinajstić information content (AvgIpc) is 3.15. The van der Waals surface area contributed by atoms with Gasteiger partial charge >= 0.3 is 6.18 Å². The first-order valence-electron chi connectivity index (χ1n) is 8.93. The van der Waals surface area contributed by atoms with E-state index >= 15 is 0 Å². The molecule has 0 saturated heterocycles. The summed E-state index contributed by atoms with van der Waals surface area (Å²) in [5, 5.41) is 24.3. The Balaban J connectivity index is 2.06. The third-order valence-corrected chi connectivity index (χ3v) is 5.00. The van der Waals surface area contributed by atoms with Crippen LogP contribution in [0, 0.1) is 11.3 Å². The summed E-state index contributed by atoms with van der Waals surface area (Å²) in [5.74, 6) is 0.489. The summed E-state index contributed by atoms with van der Waals surface area (Å²) in [6.07, 6.45) is -4.46.